The highest BCUT2D eigenvalue weighted by molar-refractivity contribution is 4.98. The molecule has 0 aromatic heterocycles. The Hall–Kier alpha value is -0.0800. The van der Waals surface area contributed by atoms with Gasteiger partial charge in [-0.15, -0.1) is 0 Å². The second-order valence-electron chi connectivity index (χ2n) is 5.62. The van der Waals surface area contributed by atoms with Crippen LogP contribution in [0.15, 0.2) is 0 Å². The van der Waals surface area contributed by atoms with E-state index in [1.54, 1.807) is 0 Å². The van der Waals surface area contributed by atoms with Crippen LogP contribution in [0.2, 0.25) is 0 Å². The highest BCUT2D eigenvalue weighted by Gasteiger charge is 2.48. The zero-order valence-electron chi connectivity index (χ0n) is 9.33. The van der Waals surface area contributed by atoms with E-state index in [4.69, 9.17) is 9.84 Å². The fourth-order valence-corrected chi connectivity index (χ4v) is 3.76. The van der Waals surface area contributed by atoms with Crippen LogP contribution in [0.1, 0.15) is 39.5 Å². The van der Waals surface area contributed by atoms with E-state index in [-0.39, 0.29) is 6.79 Å². The maximum absolute atomic E-state index is 8.73. The molecule has 0 spiro atoms. The Balaban J connectivity index is 1.99. The molecule has 2 nitrogen and oxygen atoms in total. The van der Waals surface area contributed by atoms with Gasteiger partial charge in [0.05, 0.1) is 6.61 Å². The molecule has 4 unspecified atom stereocenters. The number of hydrogen-bond donors (Lipinski definition) is 1. The quantitative estimate of drug-likeness (QED) is 0.706. The lowest BCUT2D eigenvalue weighted by Gasteiger charge is -2.54. The van der Waals surface area contributed by atoms with Crippen molar-refractivity contribution in [2.75, 3.05) is 13.4 Å². The van der Waals surface area contributed by atoms with E-state index in [0.717, 1.165) is 24.4 Å². The topological polar surface area (TPSA) is 29.5 Å². The first-order valence-corrected chi connectivity index (χ1v) is 5.84. The van der Waals surface area contributed by atoms with Gasteiger partial charge in [0, 0.05) is 0 Å². The van der Waals surface area contributed by atoms with Gasteiger partial charge in [-0.3, -0.25) is 0 Å². The highest BCUT2D eigenvalue weighted by Crippen LogP contribution is 2.56. The molecule has 2 heteroatoms. The molecule has 0 amide bonds. The monoisotopic (exact) mass is 198 g/mol. The molecule has 0 radical (unpaired) electrons. The predicted octanol–water partition coefficient (Wildman–Crippen LogP) is 2.42. The molecule has 2 aliphatic rings. The Kier molecular flexibility index (Phi) is 2.85. The van der Waals surface area contributed by atoms with Gasteiger partial charge in [0.25, 0.3) is 0 Å². The average Bonchev–Trinajstić information content (AvgIpc) is 2.07. The van der Waals surface area contributed by atoms with E-state index in [2.05, 4.69) is 13.8 Å². The molecule has 0 aromatic carbocycles. The average molecular weight is 198 g/mol. The summed E-state index contributed by atoms with van der Waals surface area (Å²) in [6.07, 6.45) is 5.49. The van der Waals surface area contributed by atoms with Crippen molar-refractivity contribution in [1.82, 2.24) is 0 Å². The molecule has 0 saturated heterocycles. The third-order valence-electron chi connectivity index (χ3n) is 4.36. The van der Waals surface area contributed by atoms with Crippen LogP contribution in [-0.2, 0) is 4.74 Å². The first-order chi connectivity index (χ1) is 6.65. The van der Waals surface area contributed by atoms with Crippen molar-refractivity contribution in [2.24, 2.45) is 23.2 Å². The minimum absolute atomic E-state index is 0.124. The summed E-state index contributed by atoms with van der Waals surface area (Å²) in [5.41, 5.74) is 0.337. The van der Waals surface area contributed by atoms with Gasteiger partial charge >= 0.3 is 0 Å². The standard InChI is InChI=1S/C12H22O2/c1-9-5-10-3-4-11(10)12(2,6-9)7-14-8-13/h9-11,13H,3-8H2,1-2H3. The molecule has 2 saturated carbocycles. The first kappa shape index (κ1) is 10.4. The molecule has 0 bridgehead atoms. The number of aliphatic hydroxyl groups is 1. The molecular formula is C12H22O2. The van der Waals surface area contributed by atoms with Gasteiger partial charge in [0.1, 0.15) is 6.79 Å². The van der Waals surface area contributed by atoms with Crippen LogP contribution in [0.3, 0.4) is 0 Å². The zero-order chi connectivity index (χ0) is 10.2. The van der Waals surface area contributed by atoms with Gasteiger partial charge in [-0.05, 0) is 48.9 Å². The Morgan fingerprint density at radius 3 is 2.79 bits per heavy atom. The van der Waals surface area contributed by atoms with Crippen LogP contribution in [0.5, 0.6) is 0 Å². The lowest BCUT2D eigenvalue weighted by atomic mass is 9.52. The Morgan fingerprint density at radius 1 is 1.43 bits per heavy atom. The van der Waals surface area contributed by atoms with Gasteiger partial charge in [-0.2, -0.15) is 0 Å². The fourth-order valence-electron chi connectivity index (χ4n) is 3.76. The Labute approximate surface area is 86.6 Å². The van der Waals surface area contributed by atoms with Crippen LogP contribution in [0.4, 0.5) is 0 Å². The van der Waals surface area contributed by atoms with Crippen molar-refractivity contribution in [2.45, 2.75) is 39.5 Å². The van der Waals surface area contributed by atoms with E-state index in [9.17, 15) is 0 Å². The van der Waals surface area contributed by atoms with Crippen LogP contribution in [0, 0.1) is 23.2 Å². The molecule has 0 aliphatic heterocycles. The summed E-state index contributed by atoms with van der Waals surface area (Å²) in [4.78, 5) is 0. The van der Waals surface area contributed by atoms with Crippen LogP contribution >= 0.6 is 0 Å². The maximum Gasteiger partial charge on any atom is 0.143 e. The number of fused-ring (bicyclic) bond motifs is 1. The maximum atomic E-state index is 8.73. The summed E-state index contributed by atoms with van der Waals surface area (Å²) in [7, 11) is 0. The highest BCUT2D eigenvalue weighted by atomic mass is 16.6. The van der Waals surface area contributed by atoms with E-state index in [0.29, 0.717) is 5.41 Å². The summed E-state index contributed by atoms with van der Waals surface area (Å²) in [5.74, 6) is 2.65. The van der Waals surface area contributed by atoms with Gasteiger partial charge in [0.2, 0.25) is 0 Å². The normalized spacial score (nSPS) is 46.9. The second kappa shape index (κ2) is 3.82. The summed E-state index contributed by atoms with van der Waals surface area (Å²) < 4.78 is 5.23. The molecule has 2 rings (SSSR count). The van der Waals surface area contributed by atoms with Crippen molar-refractivity contribution >= 4 is 0 Å². The number of rotatable bonds is 3. The summed E-state index contributed by atoms with van der Waals surface area (Å²) in [5, 5.41) is 8.73. The molecule has 1 N–H and O–H groups in total. The summed E-state index contributed by atoms with van der Waals surface area (Å²) >= 11 is 0. The first-order valence-electron chi connectivity index (χ1n) is 5.84. The molecular weight excluding hydrogens is 176 g/mol. The molecule has 0 heterocycles. The molecule has 2 aliphatic carbocycles. The SMILES string of the molecule is CC1CC2CCC2C(C)(COCO)C1. The predicted molar refractivity (Wildman–Crippen MR) is 55.8 cm³/mol. The number of aliphatic hydroxyl groups excluding tert-OH is 1. The van der Waals surface area contributed by atoms with Crippen LogP contribution in [-0.4, -0.2) is 18.5 Å². The number of ether oxygens (including phenoxy) is 1. The lowest BCUT2D eigenvalue weighted by molar-refractivity contribution is -0.115. The molecule has 2 fully saturated rings. The van der Waals surface area contributed by atoms with E-state index in [1.165, 1.54) is 25.7 Å². The lowest BCUT2D eigenvalue weighted by Crippen LogP contribution is -2.48. The Morgan fingerprint density at radius 2 is 2.21 bits per heavy atom. The number of hydrogen-bond acceptors (Lipinski definition) is 2. The smallest absolute Gasteiger partial charge is 0.143 e. The van der Waals surface area contributed by atoms with Gasteiger partial charge in [-0.25, -0.2) is 0 Å². The van der Waals surface area contributed by atoms with Gasteiger partial charge < -0.3 is 9.84 Å². The fraction of sp³-hybridized carbons (Fsp3) is 1.00. The van der Waals surface area contributed by atoms with Crippen molar-refractivity contribution in [1.29, 1.82) is 0 Å². The molecule has 14 heavy (non-hydrogen) atoms. The van der Waals surface area contributed by atoms with E-state index < -0.39 is 0 Å². The minimum Gasteiger partial charge on any atom is -0.371 e. The second-order valence-corrected chi connectivity index (χ2v) is 5.62. The van der Waals surface area contributed by atoms with Crippen molar-refractivity contribution in [3.05, 3.63) is 0 Å². The zero-order valence-corrected chi connectivity index (χ0v) is 9.33. The van der Waals surface area contributed by atoms with Gasteiger partial charge in [-0.1, -0.05) is 13.8 Å². The van der Waals surface area contributed by atoms with Crippen molar-refractivity contribution < 1.29 is 9.84 Å². The summed E-state index contributed by atoms with van der Waals surface area (Å²) in [6, 6.07) is 0. The van der Waals surface area contributed by atoms with Crippen molar-refractivity contribution in [3.8, 4) is 0 Å². The van der Waals surface area contributed by atoms with E-state index >= 15 is 0 Å². The van der Waals surface area contributed by atoms with Crippen molar-refractivity contribution in [3.63, 3.8) is 0 Å². The third-order valence-corrected chi connectivity index (χ3v) is 4.36. The molecule has 0 aromatic rings. The summed E-state index contributed by atoms with van der Waals surface area (Å²) in [6.45, 7) is 5.32. The molecule has 4 atom stereocenters. The third kappa shape index (κ3) is 1.70. The van der Waals surface area contributed by atoms with Gasteiger partial charge in [0.15, 0.2) is 0 Å². The van der Waals surface area contributed by atoms with Crippen LogP contribution in [0.25, 0.3) is 0 Å². The minimum atomic E-state index is -0.124. The Bertz CT molecular complexity index is 204. The van der Waals surface area contributed by atoms with Crippen LogP contribution < -0.4 is 0 Å². The largest absolute Gasteiger partial charge is 0.371 e. The van der Waals surface area contributed by atoms with E-state index in [1.807, 2.05) is 0 Å². The molecule has 82 valence electrons.